The van der Waals surface area contributed by atoms with E-state index in [1.165, 1.54) is 17.7 Å². The number of carbonyl (C=O) groups is 1. The third kappa shape index (κ3) is 7.47. The SMILES string of the molecule is CS(=O)N1CCN(CCC2=CC=C(Cl)CC2)CC1C(=O)NCCC1CN=CN1Cc1ccc(F)cc1. The van der Waals surface area contributed by atoms with Crippen LogP contribution in [0.4, 0.5) is 4.39 Å². The summed E-state index contributed by atoms with van der Waals surface area (Å²) in [6.45, 7) is 4.70. The van der Waals surface area contributed by atoms with E-state index in [1.54, 1.807) is 22.7 Å². The summed E-state index contributed by atoms with van der Waals surface area (Å²) in [5.41, 5.74) is 2.40. The lowest BCUT2D eigenvalue weighted by atomic mass is 10.0. The van der Waals surface area contributed by atoms with Crippen molar-refractivity contribution in [3.63, 3.8) is 0 Å². The molecule has 3 atom stereocenters. The third-order valence-electron chi connectivity index (χ3n) is 7.05. The summed E-state index contributed by atoms with van der Waals surface area (Å²) in [4.78, 5) is 22.0. The largest absolute Gasteiger partial charge is 0.355 e. The van der Waals surface area contributed by atoms with Crippen LogP contribution in [0.2, 0.25) is 0 Å². The van der Waals surface area contributed by atoms with Crippen LogP contribution in [0.5, 0.6) is 0 Å². The standard InChI is InChI=1S/C26H35ClFN5O2S/c1-36(35)33-15-14-31(13-11-20-2-6-22(27)7-3-20)18-25(33)26(34)30-12-10-24-16-29-19-32(24)17-21-4-8-23(28)9-5-21/h2,4-6,8-9,19,24-25H,3,7,10-18H2,1H3,(H,30,34). The molecule has 2 aliphatic heterocycles. The number of hydrogen-bond donors (Lipinski definition) is 1. The molecule has 1 aromatic carbocycles. The van der Waals surface area contributed by atoms with Gasteiger partial charge in [-0.15, -0.1) is 0 Å². The zero-order valence-electron chi connectivity index (χ0n) is 20.7. The van der Waals surface area contributed by atoms with E-state index in [-0.39, 0.29) is 17.8 Å². The Hall–Kier alpha value is -2.07. The van der Waals surface area contributed by atoms with Crippen LogP contribution in [0.15, 0.2) is 52.0 Å². The Labute approximate surface area is 220 Å². The van der Waals surface area contributed by atoms with Gasteiger partial charge in [0.05, 0.1) is 29.9 Å². The van der Waals surface area contributed by atoms with Gasteiger partial charge in [0.15, 0.2) is 0 Å². The molecule has 4 rings (SSSR count). The Morgan fingerprint density at radius 1 is 1.22 bits per heavy atom. The van der Waals surface area contributed by atoms with Crippen molar-refractivity contribution in [1.29, 1.82) is 0 Å². The number of halogens is 2. The van der Waals surface area contributed by atoms with Gasteiger partial charge < -0.3 is 10.2 Å². The summed E-state index contributed by atoms with van der Waals surface area (Å²) in [7, 11) is -1.21. The predicted molar refractivity (Wildman–Crippen MR) is 144 cm³/mol. The van der Waals surface area contributed by atoms with E-state index >= 15 is 0 Å². The normalized spacial score (nSPS) is 23.9. The number of hydrogen-bond acceptors (Lipinski definition) is 5. The molecule has 0 spiro atoms. The van der Waals surface area contributed by atoms with E-state index in [0.29, 0.717) is 32.7 Å². The maximum absolute atomic E-state index is 13.2. The Balaban J connectivity index is 1.26. The van der Waals surface area contributed by atoms with Crippen molar-refractivity contribution in [2.75, 3.05) is 45.5 Å². The van der Waals surface area contributed by atoms with Crippen molar-refractivity contribution in [2.45, 2.75) is 44.3 Å². The first-order chi connectivity index (χ1) is 17.4. The van der Waals surface area contributed by atoms with Crippen LogP contribution < -0.4 is 5.32 Å². The van der Waals surface area contributed by atoms with Crippen LogP contribution in [0.25, 0.3) is 0 Å². The van der Waals surface area contributed by atoms with Crippen LogP contribution in [0.1, 0.15) is 31.2 Å². The van der Waals surface area contributed by atoms with Crippen molar-refractivity contribution >= 4 is 34.8 Å². The monoisotopic (exact) mass is 535 g/mol. The first kappa shape index (κ1) is 27.0. The number of nitrogens with one attached hydrogen (secondary N) is 1. The van der Waals surface area contributed by atoms with Gasteiger partial charge in [0.2, 0.25) is 5.91 Å². The zero-order valence-corrected chi connectivity index (χ0v) is 22.3. The van der Waals surface area contributed by atoms with Gasteiger partial charge in [-0.2, -0.15) is 0 Å². The lowest BCUT2D eigenvalue weighted by Crippen LogP contribution is -2.59. The molecule has 1 N–H and O–H groups in total. The molecule has 7 nitrogen and oxygen atoms in total. The molecule has 196 valence electrons. The molecule has 1 aromatic rings. The minimum Gasteiger partial charge on any atom is -0.355 e. The number of amides is 1. The molecule has 0 bridgehead atoms. The molecule has 36 heavy (non-hydrogen) atoms. The minimum absolute atomic E-state index is 0.0782. The third-order valence-corrected chi connectivity index (χ3v) is 8.47. The maximum Gasteiger partial charge on any atom is 0.239 e. The van der Waals surface area contributed by atoms with Crippen molar-refractivity contribution in [3.05, 3.63) is 58.4 Å². The molecule has 10 heteroatoms. The molecule has 2 heterocycles. The zero-order chi connectivity index (χ0) is 25.5. The fourth-order valence-corrected chi connectivity index (χ4v) is 5.91. The smallest absolute Gasteiger partial charge is 0.239 e. The van der Waals surface area contributed by atoms with E-state index in [0.717, 1.165) is 49.4 Å². The number of aliphatic imine (C=N–C) groups is 1. The lowest BCUT2D eigenvalue weighted by molar-refractivity contribution is -0.126. The molecule has 0 aromatic heterocycles. The molecular formula is C26H35ClFN5O2S. The van der Waals surface area contributed by atoms with E-state index < -0.39 is 17.0 Å². The van der Waals surface area contributed by atoms with Crippen molar-refractivity contribution in [2.24, 2.45) is 4.99 Å². The fraction of sp³-hybridized carbons (Fsp3) is 0.538. The number of carbonyl (C=O) groups excluding carboxylic acids is 1. The number of allylic oxidation sites excluding steroid dienone is 3. The molecule has 1 aliphatic carbocycles. The van der Waals surface area contributed by atoms with Crippen LogP contribution in [0.3, 0.4) is 0 Å². The van der Waals surface area contributed by atoms with Crippen LogP contribution in [-0.4, -0.2) is 88.2 Å². The lowest BCUT2D eigenvalue weighted by Gasteiger charge is -2.39. The molecule has 1 amide bonds. The topological polar surface area (TPSA) is 68.2 Å². The van der Waals surface area contributed by atoms with E-state index in [4.69, 9.17) is 11.6 Å². The Morgan fingerprint density at radius 2 is 2.03 bits per heavy atom. The number of piperazine rings is 1. The molecular weight excluding hydrogens is 501 g/mol. The Morgan fingerprint density at radius 3 is 2.75 bits per heavy atom. The molecule has 0 radical (unpaired) electrons. The summed E-state index contributed by atoms with van der Waals surface area (Å²) in [6, 6.07) is 6.24. The van der Waals surface area contributed by atoms with Gasteiger partial charge >= 0.3 is 0 Å². The van der Waals surface area contributed by atoms with E-state index in [1.807, 2.05) is 12.4 Å². The van der Waals surface area contributed by atoms with Crippen LogP contribution >= 0.6 is 11.6 Å². The fourth-order valence-electron chi connectivity index (χ4n) is 4.89. The predicted octanol–water partition coefficient (Wildman–Crippen LogP) is 3.06. The Kier molecular flexibility index (Phi) is 9.70. The molecule has 0 saturated carbocycles. The molecule has 3 unspecified atom stereocenters. The van der Waals surface area contributed by atoms with E-state index in [9.17, 15) is 13.4 Å². The highest BCUT2D eigenvalue weighted by Gasteiger charge is 2.34. The second kappa shape index (κ2) is 12.9. The Bertz CT molecular complexity index is 1030. The average Bonchev–Trinajstić information content (AvgIpc) is 3.31. The molecule has 3 aliphatic rings. The summed E-state index contributed by atoms with van der Waals surface area (Å²) in [5, 5.41) is 3.98. The second-order valence-electron chi connectivity index (χ2n) is 9.58. The van der Waals surface area contributed by atoms with Crippen molar-refractivity contribution in [3.8, 4) is 0 Å². The van der Waals surface area contributed by atoms with E-state index in [2.05, 4.69) is 26.2 Å². The van der Waals surface area contributed by atoms with Gasteiger partial charge in [0.1, 0.15) is 11.9 Å². The number of nitrogens with zero attached hydrogens (tertiary/aromatic N) is 4. The molecule has 1 saturated heterocycles. The van der Waals surface area contributed by atoms with Gasteiger partial charge in [-0.1, -0.05) is 35.4 Å². The van der Waals surface area contributed by atoms with Gasteiger partial charge in [-0.3, -0.25) is 14.7 Å². The molecule has 1 fully saturated rings. The van der Waals surface area contributed by atoms with Crippen LogP contribution in [-0.2, 0) is 22.3 Å². The van der Waals surface area contributed by atoms with Crippen LogP contribution in [0, 0.1) is 5.82 Å². The van der Waals surface area contributed by atoms with Gasteiger partial charge in [-0.05, 0) is 49.5 Å². The summed E-state index contributed by atoms with van der Waals surface area (Å²) >= 11 is 6.07. The highest BCUT2D eigenvalue weighted by molar-refractivity contribution is 7.81. The second-order valence-corrected chi connectivity index (χ2v) is 11.4. The summed E-state index contributed by atoms with van der Waals surface area (Å²) in [6.07, 6.45) is 11.2. The first-order valence-corrected chi connectivity index (χ1v) is 14.4. The van der Waals surface area contributed by atoms with Crippen molar-refractivity contribution < 1.29 is 13.4 Å². The highest BCUT2D eigenvalue weighted by Crippen LogP contribution is 2.24. The first-order valence-electron chi connectivity index (χ1n) is 12.5. The minimum atomic E-state index is -1.21. The van der Waals surface area contributed by atoms with Crippen molar-refractivity contribution in [1.82, 2.24) is 19.4 Å². The maximum atomic E-state index is 13.2. The average molecular weight is 536 g/mol. The number of rotatable bonds is 10. The van der Waals surface area contributed by atoms with Gasteiger partial charge in [0, 0.05) is 50.6 Å². The number of benzene rings is 1. The van der Waals surface area contributed by atoms with Gasteiger partial charge in [-0.25, -0.2) is 12.9 Å². The summed E-state index contributed by atoms with van der Waals surface area (Å²) in [5.74, 6) is -0.324. The van der Waals surface area contributed by atoms with Gasteiger partial charge in [0.25, 0.3) is 0 Å². The summed E-state index contributed by atoms with van der Waals surface area (Å²) < 4.78 is 27.3. The quantitative estimate of drug-likeness (QED) is 0.500. The highest BCUT2D eigenvalue weighted by atomic mass is 35.5.